The summed E-state index contributed by atoms with van der Waals surface area (Å²) < 4.78 is 0. The molecule has 1 aromatic rings. The number of halogens is 1. The molecular formula is C17H24BrNO. The molecule has 1 amide bonds. The van der Waals surface area contributed by atoms with Gasteiger partial charge < -0.3 is 4.90 Å². The molecule has 0 aromatic heterocycles. The average molecular weight is 338 g/mol. The van der Waals surface area contributed by atoms with Crippen LogP contribution in [0.15, 0.2) is 24.3 Å². The third-order valence-electron chi connectivity index (χ3n) is 4.09. The molecule has 0 N–H and O–H groups in total. The number of nitrogens with zero attached hydrogens (tertiary/aromatic N) is 1. The topological polar surface area (TPSA) is 20.3 Å². The fourth-order valence-electron chi connectivity index (χ4n) is 2.93. The zero-order valence-corrected chi connectivity index (χ0v) is 13.9. The quantitative estimate of drug-likeness (QED) is 0.757. The lowest BCUT2D eigenvalue weighted by Gasteiger charge is -2.29. The Morgan fingerprint density at radius 1 is 1.35 bits per heavy atom. The summed E-state index contributed by atoms with van der Waals surface area (Å²) >= 11 is 3.57. The summed E-state index contributed by atoms with van der Waals surface area (Å²) in [4.78, 5) is 14.6. The Labute approximate surface area is 130 Å². The largest absolute Gasteiger partial charge is 0.339 e. The lowest BCUT2D eigenvalue weighted by atomic mass is 10.1. The van der Waals surface area contributed by atoms with Crippen LogP contribution >= 0.6 is 15.9 Å². The summed E-state index contributed by atoms with van der Waals surface area (Å²) in [6.07, 6.45) is 6.28. The molecule has 1 heterocycles. The standard InChI is InChI=1S/C17H24BrNO/c1-14-6-5-7-15(12-14)9-10-17(20)19-11-4-2-3-8-16(19)13-18/h5-7,12,16H,2-4,8-11,13H2,1H3. The molecule has 20 heavy (non-hydrogen) atoms. The summed E-state index contributed by atoms with van der Waals surface area (Å²) in [7, 11) is 0. The van der Waals surface area contributed by atoms with Gasteiger partial charge >= 0.3 is 0 Å². The number of benzene rings is 1. The van der Waals surface area contributed by atoms with Crippen molar-refractivity contribution in [1.82, 2.24) is 4.90 Å². The molecule has 1 aliphatic rings. The van der Waals surface area contributed by atoms with Gasteiger partial charge in [-0.3, -0.25) is 4.79 Å². The van der Waals surface area contributed by atoms with E-state index >= 15 is 0 Å². The first-order chi connectivity index (χ1) is 9.70. The molecule has 1 atom stereocenters. The van der Waals surface area contributed by atoms with Crippen LogP contribution in [0, 0.1) is 6.92 Å². The van der Waals surface area contributed by atoms with Gasteiger partial charge in [0.15, 0.2) is 0 Å². The first-order valence-electron chi connectivity index (χ1n) is 7.61. The molecule has 3 heteroatoms. The monoisotopic (exact) mass is 337 g/mol. The van der Waals surface area contributed by atoms with Crippen LogP contribution in [0.3, 0.4) is 0 Å². The van der Waals surface area contributed by atoms with E-state index in [-0.39, 0.29) is 0 Å². The van der Waals surface area contributed by atoms with Gasteiger partial charge in [-0.15, -0.1) is 0 Å². The molecule has 0 radical (unpaired) electrons. The van der Waals surface area contributed by atoms with Gasteiger partial charge in [-0.2, -0.15) is 0 Å². The van der Waals surface area contributed by atoms with Crippen molar-refractivity contribution >= 4 is 21.8 Å². The molecular weight excluding hydrogens is 314 g/mol. The van der Waals surface area contributed by atoms with E-state index in [1.54, 1.807) is 0 Å². The summed E-state index contributed by atoms with van der Waals surface area (Å²) in [6.45, 7) is 3.03. The molecule has 110 valence electrons. The summed E-state index contributed by atoms with van der Waals surface area (Å²) in [5.41, 5.74) is 2.53. The van der Waals surface area contributed by atoms with Crippen LogP contribution in [0.4, 0.5) is 0 Å². The number of carbonyl (C=O) groups is 1. The Morgan fingerprint density at radius 3 is 2.95 bits per heavy atom. The number of rotatable bonds is 4. The minimum atomic E-state index is 0.317. The molecule has 0 aliphatic carbocycles. The van der Waals surface area contributed by atoms with Gasteiger partial charge in [0, 0.05) is 24.3 Å². The smallest absolute Gasteiger partial charge is 0.223 e. The average Bonchev–Trinajstić information content (AvgIpc) is 2.70. The number of hydrogen-bond donors (Lipinski definition) is 0. The first-order valence-corrected chi connectivity index (χ1v) is 8.74. The van der Waals surface area contributed by atoms with E-state index in [9.17, 15) is 4.79 Å². The van der Waals surface area contributed by atoms with Crippen molar-refractivity contribution in [1.29, 1.82) is 0 Å². The normalized spacial score (nSPS) is 19.7. The lowest BCUT2D eigenvalue weighted by molar-refractivity contribution is -0.132. The highest BCUT2D eigenvalue weighted by atomic mass is 79.9. The molecule has 1 fully saturated rings. The Hall–Kier alpha value is -0.830. The highest BCUT2D eigenvalue weighted by Crippen LogP contribution is 2.20. The molecule has 2 nitrogen and oxygen atoms in total. The molecule has 2 rings (SSSR count). The summed E-state index contributed by atoms with van der Waals surface area (Å²) in [6, 6.07) is 8.86. The van der Waals surface area contributed by atoms with E-state index in [0.29, 0.717) is 18.4 Å². The second-order valence-corrected chi connectivity index (χ2v) is 6.38. The van der Waals surface area contributed by atoms with Gasteiger partial charge in [0.25, 0.3) is 0 Å². The number of carbonyl (C=O) groups excluding carboxylic acids is 1. The molecule has 1 saturated heterocycles. The van der Waals surface area contributed by atoms with Gasteiger partial charge in [0.05, 0.1) is 0 Å². The van der Waals surface area contributed by atoms with Gasteiger partial charge in [-0.05, 0) is 31.7 Å². The number of likely N-dealkylation sites (tertiary alicyclic amines) is 1. The van der Waals surface area contributed by atoms with E-state index in [1.807, 2.05) is 0 Å². The maximum absolute atomic E-state index is 12.5. The Morgan fingerprint density at radius 2 is 2.20 bits per heavy atom. The molecule has 1 aromatic carbocycles. The SMILES string of the molecule is Cc1cccc(CCC(=O)N2CCCCCC2CBr)c1. The van der Waals surface area contributed by atoms with Gasteiger partial charge in [-0.1, -0.05) is 58.6 Å². The van der Waals surface area contributed by atoms with Crippen LogP contribution in [0.5, 0.6) is 0 Å². The van der Waals surface area contributed by atoms with Crippen LogP contribution in [0.2, 0.25) is 0 Å². The zero-order chi connectivity index (χ0) is 14.4. The predicted molar refractivity (Wildman–Crippen MR) is 87.3 cm³/mol. The van der Waals surface area contributed by atoms with E-state index in [2.05, 4.69) is 52.0 Å². The lowest BCUT2D eigenvalue weighted by Crippen LogP contribution is -2.41. The predicted octanol–water partition coefficient (Wildman–Crippen LogP) is 4.09. The second-order valence-electron chi connectivity index (χ2n) is 5.73. The third kappa shape index (κ3) is 4.34. The van der Waals surface area contributed by atoms with E-state index < -0.39 is 0 Å². The van der Waals surface area contributed by atoms with Crippen molar-refractivity contribution in [3.63, 3.8) is 0 Å². The van der Waals surface area contributed by atoms with E-state index in [0.717, 1.165) is 31.1 Å². The van der Waals surface area contributed by atoms with Gasteiger partial charge in [-0.25, -0.2) is 0 Å². The molecule has 0 bridgehead atoms. The number of aryl methyl sites for hydroxylation is 2. The van der Waals surface area contributed by atoms with Gasteiger partial charge in [0.2, 0.25) is 5.91 Å². The fraction of sp³-hybridized carbons (Fsp3) is 0.588. The first kappa shape index (κ1) is 15.6. The van der Waals surface area contributed by atoms with Crippen molar-refractivity contribution in [2.45, 2.75) is 51.5 Å². The van der Waals surface area contributed by atoms with Crippen molar-refractivity contribution in [3.8, 4) is 0 Å². The molecule has 0 spiro atoms. The van der Waals surface area contributed by atoms with Crippen molar-refractivity contribution in [3.05, 3.63) is 35.4 Å². The third-order valence-corrected chi connectivity index (χ3v) is 4.83. The minimum Gasteiger partial charge on any atom is -0.339 e. The molecule has 1 aliphatic heterocycles. The Kier molecular flexibility index (Phi) is 6.08. The Bertz CT molecular complexity index is 446. The molecule has 1 unspecified atom stereocenters. The van der Waals surface area contributed by atoms with E-state index in [4.69, 9.17) is 0 Å². The number of hydrogen-bond acceptors (Lipinski definition) is 1. The van der Waals surface area contributed by atoms with Gasteiger partial charge in [0.1, 0.15) is 0 Å². The van der Waals surface area contributed by atoms with Crippen molar-refractivity contribution in [2.24, 2.45) is 0 Å². The maximum atomic E-state index is 12.5. The highest BCUT2D eigenvalue weighted by molar-refractivity contribution is 9.09. The van der Waals surface area contributed by atoms with Crippen LogP contribution in [0.1, 0.15) is 43.2 Å². The summed E-state index contributed by atoms with van der Waals surface area (Å²) in [5.74, 6) is 0.317. The number of alkyl halides is 1. The Balaban J connectivity index is 1.92. The molecule has 0 saturated carbocycles. The van der Waals surface area contributed by atoms with Crippen LogP contribution in [0.25, 0.3) is 0 Å². The second kappa shape index (κ2) is 7.82. The van der Waals surface area contributed by atoms with Crippen LogP contribution in [-0.2, 0) is 11.2 Å². The fourth-order valence-corrected chi connectivity index (χ4v) is 3.60. The van der Waals surface area contributed by atoms with Crippen molar-refractivity contribution in [2.75, 3.05) is 11.9 Å². The highest BCUT2D eigenvalue weighted by Gasteiger charge is 2.23. The summed E-state index contributed by atoms with van der Waals surface area (Å²) in [5, 5.41) is 0.906. The maximum Gasteiger partial charge on any atom is 0.223 e. The van der Waals surface area contributed by atoms with Crippen LogP contribution in [-0.4, -0.2) is 28.7 Å². The zero-order valence-electron chi connectivity index (χ0n) is 12.3. The van der Waals surface area contributed by atoms with Crippen molar-refractivity contribution < 1.29 is 4.79 Å². The number of amides is 1. The van der Waals surface area contributed by atoms with E-state index in [1.165, 1.54) is 24.0 Å². The van der Waals surface area contributed by atoms with Crippen LogP contribution < -0.4 is 0 Å². The minimum absolute atomic E-state index is 0.317.